The summed E-state index contributed by atoms with van der Waals surface area (Å²) in [5.74, 6) is 1.26. The molecule has 0 unspecified atom stereocenters. The van der Waals surface area contributed by atoms with E-state index in [0.29, 0.717) is 0 Å². The van der Waals surface area contributed by atoms with Crippen LogP contribution in [0.2, 0.25) is 13.1 Å². The molecule has 0 aliphatic carbocycles. The lowest BCUT2D eigenvalue weighted by molar-refractivity contribution is -0.677. The first kappa shape index (κ1) is 26.2. The van der Waals surface area contributed by atoms with Crippen LogP contribution in [-0.4, -0.2) is 39.8 Å². The normalized spacial score (nSPS) is 13.9. The maximum atomic E-state index is 11.4. The molecule has 0 spiro atoms. The molecule has 0 aromatic carbocycles. The van der Waals surface area contributed by atoms with Crippen LogP contribution in [-0.2, 0) is 33.3 Å². The maximum absolute atomic E-state index is 11.4. The van der Waals surface area contributed by atoms with Crippen LogP contribution in [0.1, 0.15) is 5.82 Å². The van der Waals surface area contributed by atoms with Crippen molar-refractivity contribution in [3.8, 4) is 0 Å². The molecule has 0 aliphatic heterocycles. The minimum absolute atomic E-state index is 0.778. The Morgan fingerprint density at radius 2 is 1.44 bits per heavy atom. The molecule has 0 atom stereocenters. The van der Waals surface area contributed by atoms with E-state index in [1.165, 1.54) is 5.82 Å². The fourth-order valence-corrected chi connectivity index (χ4v) is 4.62. The van der Waals surface area contributed by atoms with Crippen molar-refractivity contribution in [3.05, 3.63) is 22.3 Å². The first-order valence-electron chi connectivity index (χ1n) is 6.68. The summed E-state index contributed by atoms with van der Waals surface area (Å²) >= 11 is 6.26. The highest BCUT2D eigenvalue weighted by molar-refractivity contribution is 8.13. The number of hydrogen-bond donors (Lipinski definition) is 0. The Kier molecular flexibility index (Phi) is 8.00. The maximum Gasteiger partial charge on any atom is 0.480 e. The highest BCUT2D eigenvalue weighted by Gasteiger charge is 2.46. The van der Waals surface area contributed by atoms with Crippen LogP contribution in [0.5, 0.6) is 0 Å². The standard InChI is InChI=1S/C8H16ClN2Si.C2F6NO4S2/c1-8-10(2)5-6-11(8)7-12(3,4)9;3-1(4,5)14(10,11)9-15(12,13)2(6,7)8/h5-6H,7H2,1-4H3;/q+1;-1. The van der Waals surface area contributed by atoms with Gasteiger partial charge in [-0.05, 0) is 0 Å². The van der Waals surface area contributed by atoms with E-state index in [1.807, 2.05) is 0 Å². The molecular weight excluding hydrogens is 468 g/mol. The average molecular weight is 484 g/mol. The summed E-state index contributed by atoms with van der Waals surface area (Å²) in [6, 6.07) is 0. The Bertz CT molecular complexity index is 817. The number of rotatable bonds is 4. The van der Waals surface area contributed by atoms with Crippen LogP contribution >= 0.6 is 11.1 Å². The van der Waals surface area contributed by atoms with Crippen LogP contribution in [0.4, 0.5) is 26.3 Å². The summed E-state index contributed by atoms with van der Waals surface area (Å²) in [5, 5.41) is 0. The number of hydrogen-bond acceptors (Lipinski definition) is 4. The Hall–Kier alpha value is -0.843. The topological polar surface area (TPSA) is 91.2 Å². The molecule has 0 aliphatic rings. The van der Waals surface area contributed by atoms with E-state index >= 15 is 0 Å². The van der Waals surface area contributed by atoms with Crippen molar-refractivity contribution in [1.82, 2.24) is 4.57 Å². The largest absolute Gasteiger partial charge is 0.480 e. The van der Waals surface area contributed by atoms with E-state index in [1.54, 1.807) is 0 Å². The molecule has 0 bridgehead atoms. The second-order valence-corrected chi connectivity index (χ2v) is 16.0. The van der Waals surface area contributed by atoms with Crippen molar-refractivity contribution in [1.29, 1.82) is 0 Å². The molecule has 0 radical (unpaired) electrons. The van der Waals surface area contributed by atoms with Gasteiger partial charge in [-0.2, -0.15) is 37.4 Å². The van der Waals surface area contributed by atoms with Crippen LogP contribution in [0, 0.1) is 6.92 Å². The zero-order valence-electron chi connectivity index (χ0n) is 14.3. The summed E-state index contributed by atoms with van der Waals surface area (Å²) in [4.78, 5) is 0. The number of aromatic nitrogens is 2. The highest BCUT2D eigenvalue weighted by Crippen LogP contribution is 2.36. The number of imidazole rings is 1. The fraction of sp³-hybridized carbons (Fsp3) is 0.700. The van der Waals surface area contributed by atoms with E-state index in [0.717, 1.165) is 10.3 Å². The Balaban J connectivity index is 0.000000511. The summed E-state index contributed by atoms with van der Waals surface area (Å²) in [6.45, 7) is 6.43. The van der Waals surface area contributed by atoms with Crippen molar-refractivity contribution in [2.75, 3.05) is 0 Å². The second kappa shape index (κ2) is 8.26. The lowest BCUT2D eigenvalue weighted by atomic mass is 10.7. The lowest BCUT2D eigenvalue weighted by Gasteiger charge is -2.22. The summed E-state index contributed by atoms with van der Waals surface area (Å²) < 4.78 is 114. The first-order valence-corrected chi connectivity index (χ1v) is 13.8. The third-order valence-electron chi connectivity index (χ3n) is 2.72. The molecule has 7 nitrogen and oxygen atoms in total. The van der Waals surface area contributed by atoms with Gasteiger partial charge < -0.3 is 4.13 Å². The molecule has 1 aromatic rings. The van der Waals surface area contributed by atoms with Gasteiger partial charge in [0.05, 0.1) is 13.2 Å². The second-order valence-electron chi connectivity index (χ2n) is 5.72. The van der Waals surface area contributed by atoms with E-state index in [9.17, 15) is 43.2 Å². The third-order valence-corrected chi connectivity index (χ3v) is 6.92. The predicted octanol–water partition coefficient (Wildman–Crippen LogP) is 2.66. The van der Waals surface area contributed by atoms with Crippen LogP contribution in [0.15, 0.2) is 12.4 Å². The van der Waals surface area contributed by atoms with Gasteiger partial charge in [-0.3, -0.25) is 0 Å². The lowest BCUT2D eigenvalue weighted by Crippen LogP contribution is -2.32. The van der Waals surface area contributed by atoms with Gasteiger partial charge in [0.2, 0.25) is 0 Å². The highest BCUT2D eigenvalue weighted by atomic mass is 35.6. The molecule has 1 rings (SSSR count). The Morgan fingerprint density at radius 1 is 1.07 bits per heavy atom. The van der Waals surface area contributed by atoms with Crippen LogP contribution in [0.25, 0.3) is 4.13 Å². The number of nitrogens with zero attached hydrogens (tertiary/aromatic N) is 3. The minimum Gasteiger partial charge on any atom is -0.421 e. The van der Waals surface area contributed by atoms with E-state index < -0.39 is 38.4 Å². The summed E-state index contributed by atoms with van der Waals surface area (Å²) in [6.07, 6.45) is 5.14. The molecule has 0 amide bonds. The van der Waals surface area contributed by atoms with Gasteiger partial charge in [0, 0.05) is 6.92 Å². The zero-order valence-corrected chi connectivity index (χ0v) is 17.7. The van der Waals surface area contributed by atoms with E-state index in [-0.39, 0.29) is 0 Å². The predicted molar refractivity (Wildman–Crippen MR) is 87.0 cm³/mol. The molecule has 27 heavy (non-hydrogen) atoms. The van der Waals surface area contributed by atoms with Crippen molar-refractivity contribution in [3.63, 3.8) is 0 Å². The molecular formula is C10H16ClF6N3O4S2Si. The zero-order chi connectivity index (χ0) is 22.1. The van der Waals surface area contributed by atoms with Gasteiger partial charge in [0.25, 0.3) is 5.82 Å². The molecule has 0 N–H and O–H groups in total. The first-order chi connectivity index (χ1) is 11.6. The minimum atomic E-state index is -6.72. The number of sulfonamides is 2. The quantitative estimate of drug-likeness (QED) is 0.285. The molecule has 1 heterocycles. The van der Waals surface area contributed by atoms with Crippen molar-refractivity contribution >= 4 is 38.5 Å². The van der Waals surface area contributed by atoms with Crippen LogP contribution < -0.4 is 4.57 Å². The van der Waals surface area contributed by atoms with Crippen molar-refractivity contribution < 1.29 is 47.7 Å². The summed E-state index contributed by atoms with van der Waals surface area (Å²) in [5.41, 5.74) is -12.4. The van der Waals surface area contributed by atoms with Gasteiger partial charge >= 0.3 is 11.0 Å². The molecule has 1 aromatic heterocycles. The number of alkyl halides is 6. The molecule has 160 valence electrons. The number of halogens is 7. The monoisotopic (exact) mass is 483 g/mol. The Morgan fingerprint density at radius 3 is 1.67 bits per heavy atom. The van der Waals surface area contributed by atoms with E-state index in [4.69, 9.17) is 11.1 Å². The molecule has 0 saturated heterocycles. The number of aryl methyl sites for hydroxylation is 1. The van der Waals surface area contributed by atoms with Gasteiger partial charge in [-0.25, -0.2) is 26.0 Å². The fourth-order valence-electron chi connectivity index (χ4n) is 1.38. The average Bonchev–Trinajstić information content (AvgIpc) is 2.65. The van der Waals surface area contributed by atoms with Gasteiger partial charge in [-0.15, -0.1) is 0 Å². The van der Waals surface area contributed by atoms with Gasteiger partial charge in [-0.1, -0.05) is 13.1 Å². The van der Waals surface area contributed by atoms with Crippen LogP contribution in [0.3, 0.4) is 0 Å². The molecule has 0 fully saturated rings. The Labute approximate surface area is 157 Å². The summed E-state index contributed by atoms with van der Waals surface area (Å²) in [7, 11) is -12.9. The molecule has 17 heteroatoms. The smallest absolute Gasteiger partial charge is 0.421 e. The molecule has 0 saturated carbocycles. The third kappa shape index (κ3) is 7.96. The van der Waals surface area contributed by atoms with E-state index in [2.05, 4.69) is 48.6 Å². The van der Waals surface area contributed by atoms with Crippen molar-refractivity contribution in [2.45, 2.75) is 37.2 Å². The van der Waals surface area contributed by atoms with Gasteiger partial charge in [0.15, 0.2) is 27.4 Å². The SMILES string of the molecule is Cc1n(C[Si](C)(C)Cl)cc[n+]1C.O=S(=O)([N-]S(=O)(=O)C(F)(F)F)C(F)(F)F. The van der Waals surface area contributed by atoms with Crippen molar-refractivity contribution in [2.24, 2.45) is 7.05 Å². The van der Waals surface area contributed by atoms with Gasteiger partial charge in [0.1, 0.15) is 12.4 Å².